The molecule has 2 aliphatic rings. The summed E-state index contributed by atoms with van der Waals surface area (Å²) in [5.41, 5.74) is 0.524. The number of ether oxygens (including phenoxy) is 2. The van der Waals surface area contributed by atoms with Crippen molar-refractivity contribution in [1.29, 1.82) is 0 Å². The summed E-state index contributed by atoms with van der Waals surface area (Å²) in [5.74, 6) is -0.714. The first-order valence-electron chi connectivity index (χ1n) is 8.09. The highest BCUT2D eigenvalue weighted by molar-refractivity contribution is 5.94. The second kappa shape index (κ2) is 7.38. The summed E-state index contributed by atoms with van der Waals surface area (Å²) in [6.45, 7) is 2.28. The van der Waals surface area contributed by atoms with Crippen LogP contribution in [0.25, 0.3) is 0 Å². The van der Waals surface area contributed by atoms with E-state index in [1.54, 1.807) is 11.0 Å². The standard InChI is InChI=1S/C17H22FNO4/c18-16-9-12(1-2-13(16)10-20)17(21)19-6-3-14(4-7-19)23-15-5-8-22-11-15/h1-2,9,14-15,20H,3-8,10-11H2. The molecule has 0 radical (unpaired) electrons. The van der Waals surface area contributed by atoms with Gasteiger partial charge in [0.25, 0.3) is 5.91 Å². The molecule has 2 fully saturated rings. The molecule has 0 spiro atoms. The van der Waals surface area contributed by atoms with E-state index >= 15 is 0 Å². The van der Waals surface area contributed by atoms with Crippen LogP contribution in [-0.2, 0) is 16.1 Å². The fourth-order valence-corrected chi connectivity index (χ4v) is 3.08. The zero-order valence-electron chi connectivity index (χ0n) is 13.0. The van der Waals surface area contributed by atoms with E-state index < -0.39 is 5.82 Å². The SMILES string of the molecule is O=C(c1ccc(CO)c(F)c1)N1CCC(OC2CCOC2)CC1. The van der Waals surface area contributed by atoms with Gasteiger partial charge in [-0.15, -0.1) is 0 Å². The zero-order chi connectivity index (χ0) is 16.2. The molecular formula is C17H22FNO4. The molecule has 3 rings (SSSR count). The number of amides is 1. The van der Waals surface area contributed by atoms with E-state index in [-0.39, 0.29) is 30.3 Å². The average Bonchev–Trinajstić information content (AvgIpc) is 3.08. The van der Waals surface area contributed by atoms with Crippen LogP contribution in [0.1, 0.15) is 35.2 Å². The Kier molecular flexibility index (Phi) is 5.25. The summed E-state index contributed by atoms with van der Waals surface area (Å²) < 4.78 is 25.0. The van der Waals surface area contributed by atoms with Gasteiger partial charge in [-0.25, -0.2) is 4.39 Å². The van der Waals surface area contributed by atoms with Crippen molar-refractivity contribution in [1.82, 2.24) is 4.90 Å². The van der Waals surface area contributed by atoms with Crippen LogP contribution in [0.5, 0.6) is 0 Å². The van der Waals surface area contributed by atoms with E-state index in [0.717, 1.165) is 25.9 Å². The smallest absolute Gasteiger partial charge is 0.253 e. The van der Waals surface area contributed by atoms with Gasteiger partial charge >= 0.3 is 0 Å². The van der Waals surface area contributed by atoms with E-state index in [9.17, 15) is 9.18 Å². The molecule has 0 aromatic heterocycles. The fourth-order valence-electron chi connectivity index (χ4n) is 3.08. The van der Waals surface area contributed by atoms with Gasteiger partial charge in [0.2, 0.25) is 0 Å². The van der Waals surface area contributed by atoms with Crippen LogP contribution in [0.4, 0.5) is 4.39 Å². The number of aliphatic hydroxyl groups is 1. The molecule has 1 unspecified atom stereocenters. The fraction of sp³-hybridized carbons (Fsp3) is 0.588. The van der Waals surface area contributed by atoms with E-state index in [1.807, 2.05) is 0 Å². The Bertz CT molecular complexity index is 552. The molecule has 1 atom stereocenters. The number of hydrogen-bond donors (Lipinski definition) is 1. The zero-order valence-corrected chi connectivity index (χ0v) is 13.0. The molecule has 1 aromatic carbocycles. The van der Waals surface area contributed by atoms with E-state index in [4.69, 9.17) is 14.6 Å². The summed E-state index contributed by atoms with van der Waals surface area (Å²) in [5, 5.41) is 8.98. The van der Waals surface area contributed by atoms with Crippen molar-refractivity contribution in [2.45, 2.75) is 38.1 Å². The molecule has 1 aromatic rings. The minimum Gasteiger partial charge on any atom is -0.392 e. The lowest BCUT2D eigenvalue weighted by atomic mass is 10.0. The summed E-state index contributed by atoms with van der Waals surface area (Å²) >= 11 is 0. The van der Waals surface area contributed by atoms with Gasteiger partial charge in [-0.3, -0.25) is 4.79 Å². The van der Waals surface area contributed by atoms with Gasteiger partial charge in [0, 0.05) is 30.8 Å². The van der Waals surface area contributed by atoms with Crippen molar-refractivity contribution < 1.29 is 23.8 Å². The highest BCUT2D eigenvalue weighted by Gasteiger charge is 2.27. The Hall–Kier alpha value is -1.50. The van der Waals surface area contributed by atoms with Gasteiger partial charge in [-0.05, 0) is 31.4 Å². The first-order chi connectivity index (χ1) is 11.2. The number of aliphatic hydroxyl groups excluding tert-OH is 1. The van der Waals surface area contributed by atoms with Gasteiger partial charge < -0.3 is 19.5 Å². The molecule has 5 nitrogen and oxygen atoms in total. The van der Waals surface area contributed by atoms with Crippen molar-refractivity contribution in [3.05, 3.63) is 35.1 Å². The van der Waals surface area contributed by atoms with Crippen molar-refractivity contribution in [2.24, 2.45) is 0 Å². The van der Waals surface area contributed by atoms with Crippen LogP contribution in [-0.4, -0.2) is 54.4 Å². The van der Waals surface area contributed by atoms with E-state index in [0.29, 0.717) is 25.3 Å². The van der Waals surface area contributed by atoms with Crippen molar-refractivity contribution in [3.8, 4) is 0 Å². The maximum absolute atomic E-state index is 13.7. The third-order valence-corrected chi connectivity index (χ3v) is 4.47. The monoisotopic (exact) mass is 323 g/mol. The highest BCUT2D eigenvalue weighted by Crippen LogP contribution is 2.21. The topological polar surface area (TPSA) is 59.0 Å². The predicted octanol–water partition coefficient (Wildman–Crippen LogP) is 1.73. The number of halogens is 1. The molecule has 23 heavy (non-hydrogen) atoms. The van der Waals surface area contributed by atoms with Crippen LogP contribution < -0.4 is 0 Å². The first-order valence-corrected chi connectivity index (χ1v) is 8.09. The maximum atomic E-state index is 13.7. The molecular weight excluding hydrogens is 301 g/mol. The maximum Gasteiger partial charge on any atom is 0.253 e. The van der Waals surface area contributed by atoms with Gasteiger partial charge in [0.05, 0.1) is 25.4 Å². The summed E-state index contributed by atoms with van der Waals surface area (Å²) in [6, 6.07) is 4.22. The quantitative estimate of drug-likeness (QED) is 0.917. The number of hydrogen-bond acceptors (Lipinski definition) is 4. The Labute approximate surface area is 135 Å². The Morgan fingerprint density at radius 2 is 2.09 bits per heavy atom. The second-order valence-corrected chi connectivity index (χ2v) is 6.08. The van der Waals surface area contributed by atoms with Crippen LogP contribution in [0.15, 0.2) is 18.2 Å². The predicted molar refractivity (Wildman–Crippen MR) is 81.6 cm³/mol. The lowest BCUT2D eigenvalue weighted by molar-refractivity contribution is -0.0408. The minimum atomic E-state index is -0.544. The summed E-state index contributed by atoms with van der Waals surface area (Å²) in [4.78, 5) is 14.2. The molecule has 0 aliphatic carbocycles. The summed E-state index contributed by atoms with van der Waals surface area (Å²) in [6.07, 6.45) is 2.87. The van der Waals surface area contributed by atoms with Crippen molar-refractivity contribution in [2.75, 3.05) is 26.3 Å². The van der Waals surface area contributed by atoms with Gasteiger partial charge in [-0.2, -0.15) is 0 Å². The minimum absolute atomic E-state index is 0.166. The number of carbonyl (C=O) groups excluding carboxylic acids is 1. The van der Waals surface area contributed by atoms with Crippen molar-refractivity contribution in [3.63, 3.8) is 0 Å². The summed E-state index contributed by atoms with van der Waals surface area (Å²) in [7, 11) is 0. The number of carbonyl (C=O) groups is 1. The van der Waals surface area contributed by atoms with Crippen LogP contribution in [0, 0.1) is 5.82 Å². The number of piperidine rings is 1. The largest absolute Gasteiger partial charge is 0.392 e. The van der Waals surface area contributed by atoms with Crippen LogP contribution in [0.2, 0.25) is 0 Å². The Morgan fingerprint density at radius 1 is 1.30 bits per heavy atom. The Morgan fingerprint density at radius 3 is 2.70 bits per heavy atom. The van der Waals surface area contributed by atoms with Crippen LogP contribution in [0.3, 0.4) is 0 Å². The van der Waals surface area contributed by atoms with Gasteiger partial charge in [-0.1, -0.05) is 6.07 Å². The third kappa shape index (κ3) is 3.88. The van der Waals surface area contributed by atoms with Gasteiger partial charge in [0.15, 0.2) is 0 Å². The van der Waals surface area contributed by atoms with Crippen molar-refractivity contribution >= 4 is 5.91 Å². The first kappa shape index (κ1) is 16.4. The molecule has 1 amide bonds. The molecule has 2 aliphatic heterocycles. The molecule has 6 heteroatoms. The number of nitrogens with zero attached hydrogens (tertiary/aromatic N) is 1. The molecule has 2 heterocycles. The average molecular weight is 323 g/mol. The number of benzene rings is 1. The van der Waals surface area contributed by atoms with Crippen LogP contribution >= 0.6 is 0 Å². The molecule has 2 saturated heterocycles. The van der Waals surface area contributed by atoms with E-state index in [2.05, 4.69) is 0 Å². The lowest BCUT2D eigenvalue weighted by Crippen LogP contribution is -2.42. The molecule has 0 bridgehead atoms. The molecule has 1 N–H and O–H groups in total. The number of likely N-dealkylation sites (tertiary alicyclic amines) is 1. The second-order valence-electron chi connectivity index (χ2n) is 6.08. The van der Waals surface area contributed by atoms with Gasteiger partial charge in [0.1, 0.15) is 5.82 Å². The lowest BCUT2D eigenvalue weighted by Gasteiger charge is -2.33. The van der Waals surface area contributed by atoms with E-state index in [1.165, 1.54) is 12.1 Å². The molecule has 126 valence electrons. The Balaban J connectivity index is 1.54. The highest BCUT2D eigenvalue weighted by atomic mass is 19.1. The third-order valence-electron chi connectivity index (χ3n) is 4.47. The number of rotatable bonds is 4. The normalized spacial score (nSPS) is 22.5. The molecule has 0 saturated carbocycles.